The molecule has 2 nitrogen and oxygen atoms in total. The molecule has 1 aromatic rings. The molecular weight excluding hydrogens is 164 g/mol. The number of benzene rings is 1. The number of fused-ring (bicyclic) bond motifs is 1. The second kappa shape index (κ2) is 2.95. The van der Waals surface area contributed by atoms with Crippen molar-refractivity contribution in [2.45, 2.75) is 26.7 Å². The van der Waals surface area contributed by atoms with Crippen LogP contribution in [-0.2, 0) is 0 Å². The van der Waals surface area contributed by atoms with E-state index in [0.29, 0.717) is 12.7 Å². The monoisotopic (exact) mass is 178 g/mol. The van der Waals surface area contributed by atoms with Crippen LogP contribution < -0.4 is 9.47 Å². The molecule has 1 aromatic carbocycles. The zero-order chi connectivity index (χ0) is 9.42. The van der Waals surface area contributed by atoms with Gasteiger partial charge in [-0.3, -0.25) is 0 Å². The molecule has 0 radical (unpaired) electrons. The molecule has 0 saturated carbocycles. The Bertz CT molecular complexity index is 329. The highest BCUT2D eigenvalue weighted by molar-refractivity contribution is 5.51. The van der Waals surface area contributed by atoms with Crippen LogP contribution in [0.1, 0.15) is 30.9 Å². The van der Waals surface area contributed by atoms with E-state index in [-0.39, 0.29) is 0 Å². The van der Waals surface area contributed by atoms with Crippen molar-refractivity contribution in [1.82, 2.24) is 0 Å². The standard InChI is InChI=1S/C11H14O2/c1-7(2)9-4-8(3)5-10-11(9)13-6-12-10/h4-5,7H,6H2,1-3H3. The molecule has 2 rings (SSSR count). The van der Waals surface area contributed by atoms with Gasteiger partial charge >= 0.3 is 0 Å². The van der Waals surface area contributed by atoms with Gasteiger partial charge in [0.2, 0.25) is 6.79 Å². The molecule has 0 N–H and O–H groups in total. The van der Waals surface area contributed by atoms with E-state index in [2.05, 4.69) is 26.8 Å². The molecule has 0 saturated heterocycles. The third kappa shape index (κ3) is 1.37. The second-order valence-electron chi connectivity index (χ2n) is 3.74. The molecule has 0 bridgehead atoms. The Hall–Kier alpha value is -1.18. The van der Waals surface area contributed by atoms with Crippen molar-refractivity contribution in [3.63, 3.8) is 0 Å². The van der Waals surface area contributed by atoms with Gasteiger partial charge in [-0.2, -0.15) is 0 Å². The molecule has 1 aliphatic heterocycles. The maximum atomic E-state index is 5.42. The molecule has 2 heteroatoms. The van der Waals surface area contributed by atoms with E-state index in [4.69, 9.17) is 9.47 Å². The first-order chi connectivity index (χ1) is 6.18. The number of hydrogen-bond donors (Lipinski definition) is 0. The highest BCUT2D eigenvalue weighted by Crippen LogP contribution is 2.39. The smallest absolute Gasteiger partial charge is 0.231 e. The summed E-state index contributed by atoms with van der Waals surface area (Å²) in [7, 11) is 0. The van der Waals surface area contributed by atoms with Crippen LogP contribution in [0.3, 0.4) is 0 Å². The normalized spacial score (nSPS) is 13.8. The first kappa shape index (κ1) is 8.42. The molecule has 13 heavy (non-hydrogen) atoms. The summed E-state index contributed by atoms with van der Waals surface area (Å²) in [6.45, 7) is 6.76. The molecule has 0 aliphatic carbocycles. The van der Waals surface area contributed by atoms with Crippen LogP contribution in [0.2, 0.25) is 0 Å². The zero-order valence-corrected chi connectivity index (χ0v) is 8.26. The largest absolute Gasteiger partial charge is 0.454 e. The van der Waals surface area contributed by atoms with E-state index < -0.39 is 0 Å². The summed E-state index contributed by atoms with van der Waals surface area (Å²) >= 11 is 0. The second-order valence-corrected chi connectivity index (χ2v) is 3.74. The third-order valence-corrected chi connectivity index (χ3v) is 2.27. The van der Waals surface area contributed by atoms with Gasteiger partial charge in [-0.05, 0) is 24.5 Å². The fourth-order valence-corrected chi connectivity index (χ4v) is 1.61. The van der Waals surface area contributed by atoms with Gasteiger partial charge in [0.15, 0.2) is 11.5 Å². The Morgan fingerprint density at radius 3 is 2.69 bits per heavy atom. The lowest BCUT2D eigenvalue weighted by Crippen LogP contribution is -1.95. The van der Waals surface area contributed by atoms with Crippen molar-refractivity contribution in [2.75, 3.05) is 6.79 Å². The van der Waals surface area contributed by atoms with Crippen LogP contribution in [-0.4, -0.2) is 6.79 Å². The predicted octanol–water partition coefficient (Wildman–Crippen LogP) is 2.85. The molecule has 0 amide bonds. The predicted molar refractivity (Wildman–Crippen MR) is 51.4 cm³/mol. The van der Waals surface area contributed by atoms with Gasteiger partial charge in [0.05, 0.1) is 0 Å². The molecule has 0 atom stereocenters. The average Bonchev–Trinajstić information content (AvgIpc) is 2.49. The van der Waals surface area contributed by atoms with Crippen LogP contribution in [0.4, 0.5) is 0 Å². The summed E-state index contributed by atoms with van der Waals surface area (Å²) in [5.74, 6) is 2.31. The number of rotatable bonds is 1. The molecule has 0 fully saturated rings. The van der Waals surface area contributed by atoms with Crippen LogP contribution in [0.25, 0.3) is 0 Å². The van der Waals surface area contributed by atoms with E-state index in [0.717, 1.165) is 11.5 Å². The van der Waals surface area contributed by atoms with Crippen molar-refractivity contribution in [3.05, 3.63) is 23.3 Å². The quantitative estimate of drug-likeness (QED) is 0.658. The Morgan fingerprint density at radius 1 is 1.23 bits per heavy atom. The van der Waals surface area contributed by atoms with Crippen molar-refractivity contribution < 1.29 is 9.47 Å². The van der Waals surface area contributed by atoms with Crippen molar-refractivity contribution in [3.8, 4) is 11.5 Å². The highest BCUT2D eigenvalue weighted by Gasteiger charge is 2.19. The van der Waals surface area contributed by atoms with Crippen LogP contribution in [0, 0.1) is 6.92 Å². The Morgan fingerprint density at radius 2 is 2.00 bits per heavy atom. The van der Waals surface area contributed by atoms with Gasteiger partial charge in [0.1, 0.15) is 0 Å². The molecule has 1 heterocycles. The third-order valence-electron chi connectivity index (χ3n) is 2.27. The Kier molecular flexibility index (Phi) is 1.91. The van der Waals surface area contributed by atoms with Gasteiger partial charge in [-0.1, -0.05) is 19.9 Å². The highest BCUT2D eigenvalue weighted by atomic mass is 16.7. The number of aryl methyl sites for hydroxylation is 1. The molecule has 0 spiro atoms. The van der Waals surface area contributed by atoms with E-state index in [1.165, 1.54) is 11.1 Å². The Balaban J connectivity index is 2.55. The minimum Gasteiger partial charge on any atom is -0.454 e. The van der Waals surface area contributed by atoms with Gasteiger partial charge in [-0.25, -0.2) is 0 Å². The summed E-state index contributed by atoms with van der Waals surface area (Å²) in [5, 5.41) is 0. The Labute approximate surface area is 78.5 Å². The maximum Gasteiger partial charge on any atom is 0.231 e. The van der Waals surface area contributed by atoms with Gasteiger partial charge in [0.25, 0.3) is 0 Å². The SMILES string of the molecule is Cc1cc2c(c(C(C)C)c1)OCO2. The fraction of sp³-hybridized carbons (Fsp3) is 0.455. The molecule has 0 unspecified atom stereocenters. The van der Waals surface area contributed by atoms with Gasteiger partial charge in [0, 0.05) is 5.56 Å². The lowest BCUT2D eigenvalue weighted by molar-refractivity contribution is 0.173. The summed E-state index contributed by atoms with van der Waals surface area (Å²) < 4.78 is 10.8. The maximum absolute atomic E-state index is 5.42. The first-order valence-electron chi connectivity index (χ1n) is 4.58. The molecule has 0 aromatic heterocycles. The first-order valence-corrected chi connectivity index (χ1v) is 4.58. The van der Waals surface area contributed by atoms with Crippen molar-refractivity contribution >= 4 is 0 Å². The summed E-state index contributed by atoms with van der Waals surface area (Å²) in [6.07, 6.45) is 0. The number of hydrogen-bond acceptors (Lipinski definition) is 2. The van der Waals surface area contributed by atoms with Gasteiger partial charge < -0.3 is 9.47 Å². The fourth-order valence-electron chi connectivity index (χ4n) is 1.61. The van der Waals surface area contributed by atoms with E-state index >= 15 is 0 Å². The van der Waals surface area contributed by atoms with E-state index in [1.54, 1.807) is 0 Å². The minimum atomic E-state index is 0.360. The summed E-state index contributed by atoms with van der Waals surface area (Å²) in [4.78, 5) is 0. The molecule has 1 aliphatic rings. The van der Waals surface area contributed by atoms with Gasteiger partial charge in [-0.15, -0.1) is 0 Å². The molecular formula is C11H14O2. The minimum absolute atomic E-state index is 0.360. The van der Waals surface area contributed by atoms with Crippen molar-refractivity contribution in [1.29, 1.82) is 0 Å². The lowest BCUT2D eigenvalue weighted by atomic mass is 9.99. The van der Waals surface area contributed by atoms with Crippen molar-refractivity contribution in [2.24, 2.45) is 0 Å². The zero-order valence-electron chi connectivity index (χ0n) is 8.26. The average molecular weight is 178 g/mol. The van der Waals surface area contributed by atoms with Crippen LogP contribution in [0.5, 0.6) is 11.5 Å². The molecule has 70 valence electrons. The summed E-state index contributed by atoms with van der Waals surface area (Å²) in [6, 6.07) is 4.19. The summed E-state index contributed by atoms with van der Waals surface area (Å²) in [5.41, 5.74) is 2.47. The van der Waals surface area contributed by atoms with E-state index in [9.17, 15) is 0 Å². The van der Waals surface area contributed by atoms with Crippen LogP contribution in [0.15, 0.2) is 12.1 Å². The topological polar surface area (TPSA) is 18.5 Å². The van der Waals surface area contributed by atoms with Crippen LogP contribution >= 0.6 is 0 Å². The number of ether oxygens (including phenoxy) is 2. The lowest BCUT2D eigenvalue weighted by Gasteiger charge is -2.09. The van der Waals surface area contributed by atoms with E-state index in [1.807, 2.05) is 6.07 Å².